The molecule has 0 radical (unpaired) electrons. The summed E-state index contributed by atoms with van der Waals surface area (Å²) >= 11 is 3.46. The number of aromatic nitrogens is 1. The van der Waals surface area contributed by atoms with E-state index in [1.165, 1.54) is 15.3 Å². The van der Waals surface area contributed by atoms with Crippen LogP contribution in [0.2, 0.25) is 0 Å². The van der Waals surface area contributed by atoms with Gasteiger partial charge in [0.15, 0.2) is 5.17 Å². The van der Waals surface area contributed by atoms with E-state index in [0.717, 1.165) is 37.0 Å². The van der Waals surface area contributed by atoms with Crippen molar-refractivity contribution in [1.82, 2.24) is 4.98 Å². The highest BCUT2D eigenvalue weighted by atomic mass is 32.2. The van der Waals surface area contributed by atoms with Crippen molar-refractivity contribution in [3.63, 3.8) is 0 Å². The fourth-order valence-electron chi connectivity index (χ4n) is 3.46. The summed E-state index contributed by atoms with van der Waals surface area (Å²) in [5.41, 5.74) is 8.85. The van der Waals surface area contributed by atoms with Gasteiger partial charge in [-0.2, -0.15) is 5.26 Å². The van der Waals surface area contributed by atoms with Gasteiger partial charge in [0.1, 0.15) is 6.07 Å². The van der Waals surface area contributed by atoms with Crippen LogP contribution in [0.5, 0.6) is 0 Å². The Labute approximate surface area is 143 Å². The molecule has 2 N–H and O–H groups in total. The average Bonchev–Trinajstić information content (AvgIpc) is 3.01. The average molecular weight is 340 g/mol. The predicted molar refractivity (Wildman–Crippen MR) is 95.6 cm³/mol. The molecule has 2 aromatic heterocycles. The van der Waals surface area contributed by atoms with Crippen LogP contribution in [0.3, 0.4) is 0 Å². The van der Waals surface area contributed by atoms with Gasteiger partial charge in [-0.3, -0.25) is 9.98 Å². The summed E-state index contributed by atoms with van der Waals surface area (Å²) in [6, 6.07) is 6.32. The molecule has 0 saturated heterocycles. The molecule has 23 heavy (non-hydrogen) atoms. The van der Waals surface area contributed by atoms with Gasteiger partial charge in [0, 0.05) is 33.5 Å². The Morgan fingerprint density at radius 3 is 3.00 bits per heavy atom. The first-order chi connectivity index (χ1) is 11.2. The number of aryl methyl sites for hydroxylation is 1. The van der Waals surface area contributed by atoms with Crippen molar-refractivity contribution >= 4 is 28.3 Å². The lowest BCUT2D eigenvalue weighted by Crippen LogP contribution is -2.34. The minimum Gasteiger partial charge on any atom is -0.379 e. The van der Waals surface area contributed by atoms with Crippen LogP contribution in [-0.4, -0.2) is 15.9 Å². The SMILES string of the molecule is N#Cc1cncc(-c2cc3c(s2)CCCC32CCSC(N)=N2)c1. The van der Waals surface area contributed by atoms with Crippen LogP contribution in [0.25, 0.3) is 10.4 Å². The molecule has 3 heterocycles. The van der Waals surface area contributed by atoms with Crippen LogP contribution < -0.4 is 5.73 Å². The number of nitrogens with zero attached hydrogens (tertiary/aromatic N) is 3. The minimum absolute atomic E-state index is 0.127. The summed E-state index contributed by atoms with van der Waals surface area (Å²) in [5.74, 6) is 1.03. The zero-order valence-electron chi connectivity index (χ0n) is 12.6. The molecule has 1 atom stereocenters. The van der Waals surface area contributed by atoms with Gasteiger partial charge in [0.25, 0.3) is 0 Å². The van der Waals surface area contributed by atoms with E-state index in [-0.39, 0.29) is 5.54 Å². The van der Waals surface area contributed by atoms with Gasteiger partial charge in [0.05, 0.1) is 11.1 Å². The summed E-state index contributed by atoms with van der Waals surface area (Å²) in [4.78, 5) is 11.6. The number of thiophene rings is 1. The molecule has 0 fully saturated rings. The standard InChI is InChI=1S/C17H16N4S2/c18-8-11-6-12(10-20-9-11)15-7-13-14(23-15)2-1-3-17(13)4-5-22-16(19)21-17/h6-7,9-10H,1-5H2,(H2,19,21). The third-order valence-electron chi connectivity index (χ3n) is 4.55. The summed E-state index contributed by atoms with van der Waals surface area (Å²) in [6.45, 7) is 0. The predicted octanol–water partition coefficient (Wildman–Crippen LogP) is 3.66. The number of nitrogens with two attached hydrogens (primary N) is 1. The molecule has 1 aliphatic heterocycles. The van der Waals surface area contributed by atoms with Gasteiger partial charge in [-0.05, 0) is 43.4 Å². The number of thioether (sulfide) groups is 1. The molecular formula is C17H16N4S2. The van der Waals surface area contributed by atoms with Crippen LogP contribution in [0.15, 0.2) is 29.5 Å². The van der Waals surface area contributed by atoms with Gasteiger partial charge in [-0.25, -0.2) is 0 Å². The Morgan fingerprint density at radius 2 is 2.17 bits per heavy atom. The first-order valence-corrected chi connectivity index (χ1v) is 9.47. The van der Waals surface area contributed by atoms with Crippen molar-refractivity contribution < 1.29 is 0 Å². The summed E-state index contributed by atoms with van der Waals surface area (Å²) < 4.78 is 0. The number of rotatable bonds is 1. The van der Waals surface area contributed by atoms with Crippen molar-refractivity contribution in [2.45, 2.75) is 31.2 Å². The topological polar surface area (TPSA) is 75.1 Å². The van der Waals surface area contributed by atoms with Crippen LogP contribution in [0, 0.1) is 11.3 Å². The van der Waals surface area contributed by atoms with Crippen LogP contribution >= 0.6 is 23.1 Å². The van der Waals surface area contributed by atoms with E-state index in [4.69, 9.17) is 16.0 Å². The van der Waals surface area contributed by atoms with E-state index in [1.54, 1.807) is 18.0 Å². The van der Waals surface area contributed by atoms with Crippen LogP contribution in [-0.2, 0) is 12.0 Å². The molecule has 116 valence electrons. The number of pyridine rings is 1. The number of hydrogen-bond acceptors (Lipinski definition) is 6. The minimum atomic E-state index is -0.127. The third kappa shape index (κ3) is 2.54. The van der Waals surface area contributed by atoms with E-state index >= 15 is 0 Å². The largest absolute Gasteiger partial charge is 0.379 e. The molecule has 0 saturated carbocycles. The smallest absolute Gasteiger partial charge is 0.154 e. The third-order valence-corrected chi connectivity index (χ3v) is 6.59. The maximum absolute atomic E-state index is 9.08. The van der Waals surface area contributed by atoms with Crippen molar-refractivity contribution in [1.29, 1.82) is 5.26 Å². The second-order valence-electron chi connectivity index (χ2n) is 5.96. The Morgan fingerprint density at radius 1 is 1.26 bits per heavy atom. The Hall–Kier alpha value is -1.84. The second kappa shape index (κ2) is 5.66. The van der Waals surface area contributed by atoms with Crippen molar-refractivity contribution in [3.8, 4) is 16.5 Å². The van der Waals surface area contributed by atoms with E-state index in [0.29, 0.717) is 10.7 Å². The summed E-state index contributed by atoms with van der Waals surface area (Å²) in [6.07, 6.45) is 7.83. The van der Waals surface area contributed by atoms with E-state index in [1.807, 2.05) is 23.6 Å². The van der Waals surface area contributed by atoms with Crippen molar-refractivity contribution in [2.75, 3.05) is 5.75 Å². The molecule has 1 unspecified atom stereocenters. The quantitative estimate of drug-likeness (QED) is 0.859. The van der Waals surface area contributed by atoms with Gasteiger partial charge in [-0.15, -0.1) is 11.3 Å². The molecular weight excluding hydrogens is 324 g/mol. The molecule has 0 bridgehead atoms. The van der Waals surface area contributed by atoms with Crippen molar-refractivity contribution in [2.24, 2.45) is 10.7 Å². The Bertz CT molecular complexity index is 833. The van der Waals surface area contributed by atoms with E-state index < -0.39 is 0 Å². The molecule has 2 aliphatic rings. The number of aliphatic imine (C=N–C) groups is 1. The van der Waals surface area contributed by atoms with Gasteiger partial charge < -0.3 is 5.73 Å². The highest BCUT2D eigenvalue weighted by Crippen LogP contribution is 2.48. The first-order valence-electron chi connectivity index (χ1n) is 7.67. The molecule has 1 aliphatic carbocycles. The summed E-state index contributed by atoms with van der Waals surface area (Å²) in [7, 11) is 0. The molecule has 1 spiro atoms. The number of hydrogen-bond donors (Lipinski definition) is 1. The van der Waals surface area contributed by atoms with Gasteiger partial charge >= 0.3 is 0 Å². The highest BCUT2D eigenvalue weighted by molar-refractivity contribution is 8.13. The van der Waals surface area contributed by atoms with Crippen LogP contribution in [0.1, 0.15) is 35.3 Å². The number of amidine groups is 1. The lowest BCUT2D eigenvalue weighted by molar-refractivity contribution is 0.368. The first kappa shape index (κ1) is 14.7. The number of nitriles is 1. The lowest BCUT2D eigenvalue weighted by atomic mass is 9.78. The zero-order valence-corrected chi connectivity index (χ0v) is 14.2. The van der Waals surface area contributed by atoms with E-state index in [2.05, 4.69) is 17.1 Å². The molecule has 2 aromatic rings. The van der Waals surface area contributed by atoms with Crippen molar-refractivity contribution in [3.05, 3.63) is 40.5 Å². The fraction of sp³-hybridized carbons (Fsp3) is 0.353. The Kier molecular flexibility index (Phi) is 3.63. The number of fused-ring (bicyclic) bond motifs is 2. The molecule has 6 heteroatoms. The van der Waals surface area contributed by atoms with Gasteiger partial charge in [0.2, 0.25) is 0 Å². The normalized spacial score (nSPS) is 23.2. The second-order valence-corrected chi connectivity index (χ2v) is 8.21. The molecule has 0 amide bonds. The maximum atomic E-state index is 9.08. The zero-order chi connectivity index (χ0) is 15.9. The fourth-order valence-corrected chi connectivity index (χ4v) is 5.63. The molecule has 4 rings (SSSR count). The summed E-state index contributed by atoms with van der Waals surface area (Å²) in [5, 5.41) is 9.79. The monoisotopic (exact) mass is 340 g/mol. The lowest BCUT2D eigenvalue weighted by Gasteiger charge is -2.36. The molecule has 0 aromatic carbocycles. The Balaban J connectivity index is 1.81. The van der Waals surface area contributed by atoms with Crippen LogP contribution in [0.4, 0.5) is 0 Å². The highest BCUT2D eigenvalue weighted by Gasteiger charge is 2.39. The molecule has 4 nitrogen and oxygen atoms in total. The van der Waals surface area contributed by atoms with Gasteiger partial charge in [-0.1, -0.05) is 11.8 Å². The maximum Gasteiger partial charge on any atom is 0.154 e. The van der Waals surface area contributed by atoms with E-state index in [9.17, 15) is 0 Å².